The van der Waals surface area contributed by atoms with Crippen molar-refractivity contribution < 1.29 is 22.8 Å². The van der Waals surface area contributed by atoms with Crippen molar-refractivity contribution in [3.05, 3.63) is 89.7 Å². The normalized spacial score (nSPS) is 10.7. The minimum Gasteiger partial charge on any atom is -0.463 e. The summed E-state index contributed by atoms with van der Waals surface area (Å²) >= 11 is 0. The number of benzene rings is 2. The summed E-state index contributed by atoms with van der Waals surface area (Å²) in [6.45, 7) is 0. The van der Waals surface area contributed by atoms with Gasteiger partial charge in [0.25, 0.3) is 11.8 Å². The molecule has 2 heterocycles. The number of rotatable bonds is 3. The number of hydrogen-bond donors (Lipinski definition) is 2. The molecule has 4 aromatic rings. The van der Waals surface area contributed by atoms with Gasteiger partial charge < -0.3 is 4.42 Å². The van der Waals surface area contributed by atoms with Crippen LogP contribution in [0.25, 0.3) is 22.4 Å². The second-order valence-corrected chi connectivity index (χ2v) is 6.08. The maximum Gasteiger partial charge on any atom is 0.272 e. The molecule has 29 heavy (non-hydrogen) atoms. The fraction of sp³-hybridized carbons (Fsp3) is 0. The third kappa shape index (κ3) is 3.68. The van der Waals surface area contributed by atoms with E-state index >= 15 is 0 Å². The summed E-state index contributed by atoms with van der Waals surface area (Å²) in [4.78, 5) is 29.3. The highest BCUT2D eigenvalue weighted by atomic mass is 19.1. The van der Waals surface area contributed by atoms with Crippen molar-refractivity contribution in [3.63, 3.8) is 0 Å². The molecule has 0 unspecified atom stereocenters. The first-order valence-electron chi connectivity index (χ1n) is 8.52. The van der Waals surface area contributed by atoms with Crippen molar-refractivity contribution >= 4 is 22.7 Å². The number of hydrogen-bond acceptors (Lipinski definition) is 4. The van der Waals surface area contributed by atoms with E-state index in [2.05, 4.69) is 15.8 Å². The lowest BCUT2D eigenvalue weighted by Gasteiger charge is -2.11. The van der Waals surface area contributed by atoms with Crippen LogP contribution in [0.1, 0.15) is 20.7 Å². The first kappa shape index (κ1) is 18.3. The average Bonchev–Trinajstić information content (AvgIpc) is 3.27. The van der Waals surface area contributed by atoms with Gasteiger partial charge in [-0.3, -0.25) is 20.4 Å². The van der Waals surface area contributed by atoms with E-state index in [4.69, 9.17) is 4.42 Å². The lowest BCUT2D eigenvalue weighted by atomic mass is 10.1. The zero-order chi connectivity index (χ0) is 20.4. The van der Waals surface area contributed by atoms with E-state index in [-0.39, 0.29) is 5.56 Å². The Balaban J connectivity index is 1.63. The molecule has 0 aliphatic carbocycles. The van der Waals surface area contributed by atoms with Crippen LogP contribution in [0.15, 0.2) is 71.3 Å². The fourth-order valence-electron chi connectivity index (χ4n) is 2.83. The van der Waals surface area contributed by atoms with Gasteiger partial charge in [-0.2, -0.15) is 0 Å². The molecule has 0 spiro atoms. The molecule has 8 heteroatoms. The van der Waals surface area contributed by atoms with Gasteiger partial charge in [0, 0.05) is 5.39 Å². The van der Waals surface area contributed by atoms with E-state index in [1.165, 1.54) is 12.3 Å². The summed E-state index contributed by atoms with van der Waals surface area (Å²) in [7, 11) is 0. The van der Waals surface area contributed by atoms with Crippen LogP contribution in [0.5, 0.6) is 0 Å². The van der Waals surface area contributed by atoms with E-state index in [0.717, 1.165) is 18.2 Å². The number of fused-ring (bicyclic) bond motifs is 1. The summed E-state index contributed by atoms with van der Waals surface area (Å²) in [6.07, 6.45) is 1.49. The number of carbonyl (C=O) groups excluding carboxylic acids is 2. The summed E-state index contributed by atoms with van der Waals surface area (Å²) in [5.74, 6) is -2.85. The van der Waals surface area contributed by atoms with Crippen molar-refractivity contribution in [2.75, 3.05) is 0 Å². The molecule has 2 amide bonds. The molecular formula is C21H13F2N3O3. The second-order valence-electron chi connectivity index (χ2n) is 6.08. The quantitative estimate of drug-likeness (QED) is 0.518. The number of nitrogens with one attached hydrogen (secondary N) is 2. The number of aromatic nitrogens is 1. The van der Waals surface area contributed by atoms with Gasteiger partial charge >= 0.3 is 0 Å². The number of nitrogens with zero attached hydrogens (tertiary/aromatic N) is 1. The van der Waals surface area contributed by atoms with E-state index < -0.39 is 29.0 Å². The molecule has 0 saturated heterocycles. The molecule has 0 saturated carbocycles. The van der Waals surface area contributed by atoms with Crippen LogP contribution in [0.4, 0.5) is 8.78 Å². The van der Waals surface area contributed by atoms with Crippen LogP contribution in [-0.4, -0.2) is 16.8 Å². The number of carbonyl (C=O) groups is 2. The average molecular weight is 393 g/mol. The van der Waals surface area contributed by atoms with Gasteiger partial charge in [-0.1, -0.05) is 18.2 Å². The van der Waals surface area contributed by atoms with Gasteiger partial charge in [-0.25, -0.2) is 13.8 Å². The summed E-state index contributed by atoms with van der Waals surface area (Å²) in [5.41, 5.74) is 5.00. The lowest BCUT2D eigenvalue weighted by Crippen LogP contribution is -2.42. The predicted molar refractivity (Wildman–Crippen MR) is 101 cm³/mol. The fourth-order valence-corrected chi connectivity index (χ4v) is 2.83. The highest BCUT2D eigenvalue weighted by Crippen LogP contribution is 2.25. The predicted octanol–water partition coefficient (Wildman–Crippen LogP) is 3.85. The molecule has 0 fully saturated rings. The van der Waals surface area contributed by atoms with E-state index in [1.54, 1.807) is 36.4 Å². The van der Waals surface area contributed by atoms with E-state index in [9.17, 15) is 18.4 Å². The Labute approximate surface area is 163 Å². The van der Waals surface area contributed by atoms with Crippen molar-refractivity contribution in [2.24, 2.45) is 0 Å². The van der Waals surface area contributed by atoms with Crippen molar-refractivity contribution in [3.8, 4) is 11.5 Å². The van der Waals surface area contributed by atoms with E-state index in [1.807, 2.05) is 0 Å². The Bertz CT molecular complexity index is 1220. The summed E-state index contributed by atoms with van der Waals surface area (Å²) < 4.78 is 32.3. The first-order chi connectivity index (χ1) is 14.0. The summed E-state index contributed by atoms with van der Waals surface area (Å²) in [6, 6.07) is 14.3. The Kier molecular flexibility index (Phi) is 4.74. The largest absolute Gasteiger partial charge is 0.463 e. The van der Waals surface area contributed by atoms with Crippen molar-refractivity contribution in [1.29, 1.82) is 0 Å². The molecule has 2 aromatic carbocycles. The second kappa shape index (κ2) is 7.51. The molecular weight excluding hydrogens is 380 g/mol. The zero-order valence-electron chi connectivity index (χ0n) is 14.8. The minimum absolute atomic E-state index is 0.224. The third-order valence-electron chi connectivity index (χ3n) is 4.20. The molecule has 0 aliphatic heterocycles. The molecule has 144 valence electrons. The number of para-hydroxylation sites is 1. The van der Waals surface area contributed by atoms with Crippen LogP contribution in [-0.2, 0) is 0 Å². The maximum atomic E-state index is 13.7. The number of pyridine rings is 1. The number of furan rings is 1. The Morgan fingerprint density at radius 1 is 0.862 bits per heavy atom. The highest BCUT2D eigenvalue weighted by Gasteiger charge is 2.17. The Hall–Kier alpha value is -4.07. The molecule has 2 N–H and O–H groups in total. The van der Waals surface area contributed by atoms with Crippen LogP contribution >= 0.6 is 0 Å². The standard InChI is InChI=1S/C21H13F2N3O3/c22-12-7-8-16(23)15(10-12)21(28)26-25-20(27)14-11-18(19-6-3-9-29-19)24-17-5-2-1-4-13(14)17/h1-11H,(H,25,27)(H,26,28). The van der Waals surface area contributed by atoms with Crippen LogP contribution in [0.3, 0.4) is 0 Å². The van der Waals surface area contributed by atoms with E-state index in [0.29, 0.717) is 22.4 Å². The Morgan fingerprint density at radius 2 is 1.62 bits per heavy atom. The van der Waals surface area contributed by atoms with Gasteiger partial charge in [0.05, 0.1) is 22.9 Å². The van der Waals surface area contributed by atoms with Crippen LogP contribution in [0, 0.1) is 11.6 Å². The minimum atomic E-state index is -0.986. The number of amides is 2. The van der Waals surface area contributed by atoms with Crippen molar-refractivity contribution in [1.82, 2.24) is 15.8 Å². The lowest BCUT2D eigenvalue weighted by molar-refractivity contribution is 0.0845. The van der Waals surface area contributed by atoms with Crippen LogP contribution < -0.4 is 10.9 Å². The number of halogens is 2. The SMILES string of the molecule is O=C(NNC(=O)c1cc(-c2ccco2)nc2ccccc12)c1cc(F)ccc1F. The Morgan fingerprint density at radius 3 is 2.38 bits per heavy atom. The van der Waals surface area contributed by atoms with Crippen LogP contribution in [0.2, 0.25) is 0 Å². The zero-order valence-corrected chi connectivity index (χ0v) is 14.8. The highest BCUT2D eigenvalue weighted by molar-refractivity contribution is 6.08. The molecule has 0 bridgehead atoms. The van der Waals surface area contributed by atoms with Crippen molar-refractivity contribution in [2.45, 2.75) is 0 Å². The molecule has 6 nitrogen and oxygen atoms in total. The van der Waals surface area contributed by atoms with Gasteiger partial charge in [0.2, 0.25) is 0 Å². The summed E-state index contributed by atoms with van der Waals surface area (Å²) in [5, 5.41) is 0.548. The third-order valence-corrected chi connectivity index (χ3v) is 4.20. The smallest absolute Gasteiger partial charge is 0.272 e. The van der Waals surface area contributed by atoms with Gasteiger partial charge in [-0.15, -0.1) is 0 Å². The molecule has 2 aromatic heterocycles. The van der Waals surface area contributed by atoms with Gasteiger partial charge in [-0.05, 0) is 42.5 Å². The topological polar surface area (TPSA) is 84.2 Å². The molecule has 4 rings (SSSR count). The molecule has 0 aliphatic rings. The molecule has 0 atom stereocenters. The first-order valence-corrected chi connectivity index (χ1v) is 8.52. The molecule has 0 radical (unpaired) electrons. The maximum absolute atomic E-state index is 13.7. The number of hydrazine groups is 1. The monoisotopic (exact) mass is 393 g/mol. The van der Waals surface area contributed by atoms with Gasteiger partial charge in [0.1, 0.15) is 17.3 Å². The van der Waals surface area contributed by atoms with Gasteiger partial charge in [0.15, 0.2) is 5.76 Å².